The molecule has 24 heavy (non-hydrogen) atoms. The van der Waals surface area contributed by atoms with Crippen molar-refractivity contribution >= 4 is 17.5 Å². The molecule has 0 saturated carbocycles. The summed E-state index contributed by atoms with van der Waals surface area (Å²) >= 11 is 0. The number of nitrogens with zero attached hydrogens (tertiary/aromatic N) is 5. The third-order valence-corrected chi connectivity index (χ3v) is 3.63. The second-order valence-electron chi connectivity index (χ2n) is 5.19. The minimum atomic E-state index is 0.514. The van der Waals surface area contributed by atoms with Gasteiger partial charge in [0.25, 0.3) is 0 Å². The van der Waals surface area contributed by atoms with Gasteiger partial charge in [0.15, 0.2) is 0 Å². The molecule has 0 spiro atoms. The van der Waals surface area contributed by atoms with Crippen LogP contribution >= 0.6 is 0 Å². The third-order valence-electron chi connectivity index (χ3n) is 3.63. The van der Waals surface area contributed by atoms with Crippen LogP contribution in [-0.2, 0) is 7.05 Å². The quantitative estimate of drug-likeness (QED) is 0.497. The lowest BCUT2D eigenvalue weighted by Gasteiger charge is -2.08. The Bertz CT molecular complexity index is 905. The van der Waals surface area contributed by atoms with E-state index in [1.54, 1.807) is 22.9 Å². The van der Waals surface area contributed by atoms with E-state index in [0.29, 0.717) is 17.2 Å². The number of aromatic nitrogens is 4. The zero-order valence-electron chi connectivity index (χ0n) is 13.3. The van der Waals surface area contributed by atoms with E-state index in [0.717, 1.165) is 22.6 Å². The van der Waals surface area contributed by atoms with Crippen LogP contribution in [0.25, 0.3) is 11.3 Å². The van der Waals surface area contributed by atoms with Gasteiger partial charge in [-0.1, -0.05) is 12.1 Å². The smallest absolute Gasteiger partial charge is 0.145 e. The first-order chi connectivity index (χ1) is 11.6. The van der Waals surface area contributed by atoms with Gasteiger partial charge in [0.2, 0.25) is 0 Å². The van der Waals surface area contributed by atoms with Gasteiger partial charge in [0.1, 0.15) is 23.8 Å². The van der Waals surface area contributed by atoms with E-state index in [1.807, 2.05) is 26.1 Å². The Hall–Kier alpha value is -3.44. The van der Waals surface area contributed by atoms with Gasteiger partial charge >= 0.3 is 0 Å². The number of nitrogen functional groups attached to an aromatic ring is 1. The molecule has 0 aliphatic heterocycles. The van der Waals surface area contributed by atoms with E-state index in [4.69, 9.17) is 11.1 Å². The fraction of sp³-hybridized carbons (Fsp3) is 0.125. The lowest BCUT2D eigenvalue weighted by molar-refractivity contribution is 0.779. The molecule has 0 bridgehead atoms. The molecule has 0 radical (unpaired) electrons. The van der Waals surface area contributed by atoms with Crippen molar-refractivity contribution in [2.24, 2.45) is 12.9 Å². The minimum absolute atomic E-state index is 0.514. The maximum absolute atomic E-state index is 8.90. The summed E-state index contributed by atoms with van der Waals surface area (Å²) in [5, 5.41) is 16.7. The maximum atomic E-state index is 8.90. The molecule has 120 valence electrons. The van der Waals surface area contributed by atoms with Crippen LogP contribution in [-0.4, -0.2) is 19.7 Å². The van der Waals surface area contributed by atoms with Gasteiger partial charge in [0, 0.05) is 24.2 Å². The summed E-state index contributed by atoms with van der Waals surface area (Å²) in [5.41, 5.74) is 5.87. The molecular formula is C16H16N8. The first kappa shape index (κ1) is 15.5. The van der Waals surface area contributed by atoms with Gasteiger partial charge in [-0.15, -0.1) is 0 Å². The molecule has 8 nitrogen and oxygen atoms in total. The van der Waals surface area contributed by atoms with Crippen molar-refractivity contribution in [2.45, 2.75) is 6.92 Å². The monoisotopic (exact) mass is 320 g/mol. The number of nitriles is 1. The van der Waals surface area contributed by atoms with Crippen molar-refractivity contribution in [3.8, 4) is 17.3 Å². The molecule has 3 aromatic rings. The van der Waals surface area contributed by atoms with Crippen molar-refractivity contribution < 1.29 is 0 Å². The average molecular weight is 320 g/mol. The second-order valence-corrected chi connectivity index (χ2v) is 5.19. The van der Waals surface area contributed by atoms with E-state index >= 15 is 0 Å². The van der Waals surface area contributed by atoms with Gasteiger partial charge in [-0.05, 0) is 19.1 Å². The van der Waals surface area contributed by atoms with E-state index < -0.39 is 0 Å². The molecule has 0 atom stereocenters. The molecule has 2 aromatic heterocycles. The summed E-state index contributed by atoms with van der Waals surface area (Å²) in [5.74, 6) is 7.30. The molecule has 0 saturated heterocycles. The number of nitrogens with one attached hydrogen (secondary N) is 2. The van der Waals surface area contributed by atoms with Gasteiger partial charge in [-0.3, -0.25) is 4.68 Å². The summed E-state index contributed by atoms with van der Waals surface area (Å²) in [6, 6.07) is 11.1. The number of benzene rings is 1. The van der Waals surface area contributed by atoms with Crippen molar-refractivity contribution in [1.82, 2.24) is 19.7 Å². The van der Waals surface area contributed by atoms with Crippen LogP contribution in [0.2, 0.25) is 0 Å². The Morgan fingerprint density at radius 1 is 1.17 bits per heavy atom. The lowest BCUT2D eigenvalue weighted by atomic mass is 10.1. The summed E-state index contributed by atoms with van der Waals surface area (Å²) in [4.78, 5) is 8.15. The molecule has 1 aromatic carbocycles. The van der Waals surface area contributed by atoms with Crippen LogP contribution in [0.5, 0.6) is 0 Å². The van der Waals surface area contributed by atoms with Crippen molar-refractivity contribution in [3.05, 3.63) is 47.8 Å². The van der Waals surface area contributed by atoms with Gasteiger partial charge in [0.05, 0.1) is 17.3 Å². The highest BCUT2D eigenvalue weighted by Crippen LogP contribution is 2.29. The van der Waals surface area contributed by atoms with Crippen molar-refractivity contribution in [2.75, 3.05) is 10.7 Å². The minimum Gasteiger partial charge on any atom is -0.325 e. The molecule has 3 rings (SSSR count). The number of rotatable bonds is 4. The zero-order chi connectivity index (χ0) is 17.1. The van der Waals surface area contributed by atoms with Gasteiger partial charge in [-0.2, -0.15) is 10.4 Å². The van der Waals surface area contributed by atoms with Crippen LogP contribution in [0.4, 0.5) is 17.5 Å². The van der Waals surface area contributed by atoms with E-state index in [1.165, 1.54) is 6.33 Å². The van der Waals surface area contributed by atoms with Crippen LogP contribution in [0.15, 0.2) is 36.7 Å². The Kier molecular flexibility index (Phi) is 4.09. The normalized spacial score (nSPS) is 10.2. The fourth-order valence-electron chi connectivity index (χ4n) is 2.41. The number of hydrogen-bond donors (Lipinski definition) is 3. The summed E-state index contributed by atoms with van der Waals surface area (Å²) in [6.45, 7) is 1.98. The van der Waals surface area contributed by atoms with Crippen LogP contribution in [0.3, 0.4) is 0 Å². The van der Waals surface area contributed by atoms with E-state index in [2.05, 4.69) is 31.9 Å². The fourth-order valence-corrected chi connectivity index (χ4v) is 2.41. The Morgan fingerprint density at radius 2 is 1.88 bits per heavy atom. The molecule has 2 heterocycles. The van der Waals surface area contributed by atoms with Crippen molar-refractivity contribution in [3.63, 3.8) is 0 Å². The molecule has 4 N–H and O–H groups in total. The highest BCUT2D eigenvalue weighted by Gasteiger charge is 2.14. The number of hydrazine groups is 1. The van der Waals surface area contributed by atoms with E-state index in [9.17, 15) is 0 Å². The first-order valence-electron chi connectivity index (χ1n) is 7.22. The number of hydrogen-bond acceptors (Lipinski definition) is 7. The third kappa shape index (κ3) is 2.88. The number of aryl methyl sites for hydroxylation is 1. The summed E-state index contributed by atoms with van der Waals surface area (Å²) < 4.78 is 1.75. The highest BCUT2D eigenvalue weighted by molar-refractivity contribution is 5.71. The Labute approximate surface area is 138 Å². The Morgan fingerprint density at radius 3 is 2.54 bits per heavy atom. The lowest BCUT2D eigenvalue weighted by Crippen LogP contribution is -2.09. The van der Waals surface area contributed by atoms with Crippen LogP contribution in [0.1, 0.15) is 11.1 Å². The molecule has 0 fully saturated rings. The molecular weight excluding hydrogens is 304 g/mol. The molecule has 8 heteroatoms. The van der Waals surface area contributed by atoms with Crippen LogP contribution < -0.4 is 16.6 Å². The summed E-state index contributed by atoms with van der Waals surface area (Å²) in [7, 11) is 1.85. The molecule has 0 aliphatic rings. The maximum Gasteiger partial charge on any atom is 0.145 e. The largest absolute Gasteiger partial charge is 0.325 e. The van der Waals surface area contributed by atoms with Crippen LogP contribution in [0, 0.1) is 18.3 Å². The Balaban J connectivity index is 1.95. The van der Waals surface area contributed by atoms with Crippen molar-refractivity contribution in [1.29, 1.82) is 5.26 Å². The zero-order valence-corrected chi connectivity index (χ0v) is 13.3. The van der Waals surface area contributed by atoms with Gasteiger partial charge < -0.3 is 10.7 Å². The SMILES string of the molecule is Cc1c(-c2ccc(C#N)cc2)nn(C)c1Nc1cc(NN)ncn1. The predicted molar refractivity (Wildman–Crippen MR) is 91.2 cm³/mol. The van der Waals surface area contributed by atoms with Gasteiger partial charge in [-0.25, -0.2) is 15.8 Å². The summed E-state index contributed by atoms with van der Waals surface area (Å²) in [6.07, 6.45) is 1.42. The molecule has 0 unspecified atom stereocenters. The second kappa shape index (κ2) is 6.36. The van der Waals surface area contributed by atoms with E-state index in [-0.39, 0.29) is 0 Å². The topological polar surface area (TPSA) is 117 Å². The predicted octanol–water partition coefficient (Wildman–Crippen LogP) is 2.09. The number of nitrogens with two attached hydrogens (primary N) is 1. The molecule has 0 amide bonds. The number of anilines is 3. The molecule has 0 aliphatic carbocycles. The standard InChI is InChI=1S/C16H16N8/c1-10-15(12-5-3-11(8-17)4-6-12)23-24(2)16(10)21-13-7-14(22-18)20-9-19-13/h3-7,9H,18H2,1-2H3,(H2,19,20,21,22). The first-order valence-corrected chi connectivity index (χ1v) is 7.22. The highest BCUT2D eigenvalue weighted by atomic mass is 15.3. The average Bonchev–Trinajstić information content (AvgIpc) is 2.90.